The lowest BCUT2D eigenvalue weighted by molar-refractivity contribution is -0.200. The molecular weight excluding hydrogens is 259 g/mol. The van der Waals surface area contributed by atoms with Gasteiger partial charge in [-0.25, -0.2) is 0 Å². The second-order valence-electron chi connectivity index (χ2n) is 5.23. The van der Waals surface area contributed by atoms with Gasteiger partial charge in [-0.2, -0.15) is 13.2 Å². The molecular formula is C13H22F3NO2. The maximum absolute atomic E-state index is 12.9. The first-order valence-corrected chi connectivity index (χ1v) is 6.80. The molecule has 1 N–H and O–H groups in total. The van der Waals surface area contributed by atoms with Crippen molar-refractivity contribution < 1.29 is 23.1 Å². The molecule has 1 aliphatic rings. The summed E-state index contributed by atoms with van der Waals surface area (Å²) in [6.07, 6.45) is -1.49. The predicted molar refractivity (Wildman–Crippen MR) is 65.5 cm³/mol. The summed E-state index contributed by atoms with van der Waals surface area (Å²) in [7, 11) is 1.54. The Morgan fingerprint density at radius 2 is 1.89 bits per heavy atom. The maximum Gasteiger partial charge on any atom is 0.392 e. The van der Waals surface area contributed by atoms with Crippen LogP contribution in [0.2, 0.25) is 0 Å². The van der Waals surface area contributed by atoms with Crippen LogP contribution in [-0.4, -0.2) is 42.3 Å². The molecule has 2 unspecified atom stereocenters. The van der Waals surface area contributed by atoms with Crippen LogP contribution in [-0.2, 0) is 4.79 Å². The van der Waals surface area contributed by atoms with E-state index in [1.54, 1.807) is 7.05 Å². The molecule has 0 aromatic carbocycles. The first kappa shape index (κ1) is 16.3. The molecule has 6 heteroatoms. The van der Waals surface area contributed by atoms with Crippen molar-refractivity contribution in [2.24, 2.45) is 11.8 Å². The summed E-state index contributed by atoms with van der Waals surface area (Å²) < 4.78 is 38.8. The lowest BCUT2D eigenvalue weighted by Crippen LogP contribution is -2.43. The number of amides is 1. The van der Waals surface area contributed by atoms with Crippen LogP contribution in [0.4, 0.5) is 13.2 Å². The Kier molecular flexibility index (Phi) is 6.10. The van der Waals surface area contributed by atoms with Gasteiger partial charge < -0.3 is 10.0 Å². The van der Waals surface area contributed by atoms with Crippen LogP contribution in [0.5, 0.6) is 0 Å². The molecule has 0 saturated heterocycles. The number of carbonyl (C=O) groups excluding carboxylic acids is 1. The minimum absolute atomic E-state index is 0.0383. The minimum Gasteiger partial charge on any atom is -0.396 e. The van der Waals surface area contributed by atoms with Crippen LogP contribution < -0.4 is 0 Å². The number of alkyl halides is 3. The molecule has 19 heavy (non-hydrogen) atoms. The van der Waals surface area contributed by atoms with E-state index in [-0.39, 0.29) is 13.0 Å². The Balaban J connectivity index is 2.61. The van der Waals surface area contributed by atoms with Crippen LogP contribution in [0.15, 0.2) is 0 Å². The largest absolute Gasteiger partial charge is 0.396 e. The van der Waals surface area contributed by atoms with E-state index in [4.69, 9.17) is 5.11 Å². The summed E-state index contributed by atoms with van der Waals surface area (Å²) in [6, 6.07) is 0. The number of nitrogens with zero attached hydrogens (tertiary/aromatic N) is 1. The van der Waals surface area contributed by atoms with Gasteiger partial charge in [0.15, 0.2) is 0 Å². The van der Waals surface area contributed by atoms with E-state index in [1.165, 1.54) is 4.90 Å². The average Bonchev–Trinajstić information content (AvgIpc) is 2.37. The molecule has 112 valence electrons. The third kappa shape index (κ3) is 4.67. The van der Waals surface area contributed by atoms with Gasteiger partial charge in [-0.3, -0.25) is 4.79 Å². The topological polar surface area (TPSA) is 40.5 Å². The fraction of sp³-hybridized carbons (Fsp3) is 0.923. The maximum atomic E-state index is 12.9. The van der Waals surface area contributed by atoms with Gasteiger partial charge in [0.05, 0.1) is 5.92 Å². The molecule has 2 atom stereocenters. The van der Waals surface area contributed by atoms with Gasteiger partial charge in [0.2, 0.25) is 5.91 Å². The minimum atomic E-state index is -4.29. The van der Waals surface area contributed by atoms with E-state index in [0.29, 0.717) is 38.6 Å². The molecule has 0 heterocycles. The molecule has 1 aliphatic carbocycles. The highest BCUT2D eigenvalue weighted by molar-refractivity contribution is 5.79. The second-order valence-corrected chi connectivity index (χ2v) is 5.23. The van der Waals surface area contributed by atoms with Gasteiger partial charge in [0.25, 0.3) is 0 Å². The van der Waals surface area contributed by atoms with Crippen molar-refractivity contribution in [3.05, 3.63) is 0 Å². The number of aliphatic hydroxyl groups excluding tert-OH is 1. The molecule has 0 aromatic rings. The molecule has 0 aliphatic heterocycles. The van der Waals surface area contributed by atoms with Crippen LogP contribution >= 0.6 is 0 Å². The van der Waals surface area contributed by atoms with Crippen LogP contribution in [0.25, 0.3) is 0 Å². The summed E-state index contributed by atoms with van der Waals surface area (Å²) in [5.74, 6) is -2.82. The van der Waals surface area contributed by atoms with Crippen molar-refractivity contribution in [1.82, 2.24) is 4.90 Å². The first-order valence-electron chi connectivity index (χ1n) is 6.80. The van der Waals surface area contributed by atoms with E-state index in [0.717, 1.165) is 0 Å². The SMILES string of the molecule is CN(CCCCO)C(=O)C1CCCCC1C(F)(F)F. The molecule has 0 radical (unpaired) electrons. The lowest BCUT2D eigenvalue weighted by atomic mass is 9.78. The summed E-state index contributed by atoms with van der Waals surface area (Å²) in [5.41, 5.74) is 0. The van der Waals surface area contributed by atoms with E-state index in [1.807, 2.05) is 0 Å². The van der Waals surface area contributed by atoms with E-state index in [2.05, 4.69) is 0 Å². The number of rotatable bonds is 5. The van der Waals surface area contributed by atoms with Gasteiger partial charge in [-0.15, -0.1) is 0 Å². The van der Waals surface area contributed by atoms with Gasteiger partial charge in [0, 0.05) is 26.1 Å². The molecule has 1 amide bonds. The highest BCUT2D eigenvalue weighted by Gasteiger charge is 2.48. The van der Waals surface area contributed by atoms with Crippen molar-refractivity contribution in [1.29, 1.82) is 0 Å². The van der Waals surface area contributed by atoms with Crippen LogP contribution in [0.3, 0.4) is 0 Å². The highest BCUT2D eigenvalue weighted by atomic mass is 19.4. The fourth-order valence-electron chi connectivity index (χ4n) is 2.67. The molecule has 0 spiro atoms. The molecule has 3 nitrogen and oxygen atoms in total. The quantitative estimate of drug-likeness (QED) is 0.787. The second kappa shape index (κ2) is 7.12. The Morgan fingerprint density at radius 1 is 1.26 bits per heavy atom. The van der Waals surface area contributed by atoms with E-state index >= 15 is 0 Å². The van der Waals surface area contributed by atoms with Crippen molar-refractivity contribution in [2.45, 2.75) is 44.7 Å². The summed E-state index contributed by atoms with van der Waals surface area (Å²) in [5, 5.41) is 8.66. The first-order chi connectivity index (χ1) is 8.88. The normalized spacial score (nSPS) is 24.3. The standard InChI is InChI=1S/C13H22F3NO2/c1-17(8-4-5-9-18)12(19)10-6-2-3-7-11(10)13(14,15)16/h10-11,18H,2-9H2,1H3. The van der Waals surface area contributed by atoms with E-state index < -0.39 is 23.9 Å². The van der Waals surface area contributed by atoms with Crippen LogP contribution in [0, 0.1) is 11.8 Å². The predicted octanol–water partition coefficient (Wildman–Crippen LogP) is 2.59. The fourth-order valence-corrected chi connectivity index (χ4v) is 2.67. The zero-order valence-corrected chi connectivity index (χ0v) is 11.2. The van der Waals surface area contributed by atoms with Gasteiger partial charge in [-0.05, 0) is 25.7 Å². The number of aliphatic hydroxyl groups is 1. The molecule has 0 aromatic heterocycles. The number of hydrogen-bond donors (Lipinski definition) is 1. The zero-order chi connectivity index (χ0) is 14.5. The number of unbranched alkanes of at least 4 members (excludes halogenated alkanes) is 1. The van der Waals surface area contributed by atoms with Crippen molar-refractivity contribution in [3.8, 4) is 0 Å². The third-order valence-corrected chi connectivity index (χ3v) is 3.78. The molecule has 1 rings (SSSR count). The Hall–Kier alpha value is -0.780. The van der Waals surface area contributed by atoms with Crippen molar-refractivity contribution >= 4 is 5.91 Å². The number of carbonyl (C=O) groups is 1. The lowest BCUT2D eigenvalue weighted by Gasteiger charge is -2.34. The average molecular weight is 281 g/mol. The summed E-state index contributed by atoms with van der Waals surface area (Å²) >= 11 is 0. The van der Waals surface area contributed by atoms with Crippen LogP contribution in [0.1, 0.15) is 38.5 Å². The van der Waals surface area contributed by atoms with Crippen molar-refractivity contribution in [3.63, 3.8) is 0 Å². The molecule has 0 bridgehead atoms. The van der Waals surface area contributed by atoms with Gasteiger partial charge >= 0.3 is 6.18 Å². The Morgan fingerprint density at radius 3 is 2.47 bits per heavy atom. The monoisotopic (exact) mass is 281 g/mol. The highest BCUT2D eigenvalue weighted by Crippen LogP contribution is 2.42. The Bertz CT molecular complexity index is 294. The molecule has 1 fully saturated rings. The van der Waals surface area contributed by atoms with E-state index in [9.17, 15) is 18.0 Å². The number of hydrogen-bond acceptors (Lipinski definition) is 2. The zero-order valence-electron chi connectivity index (χ0n) is 11.2. The smallest absolute Gasteiger partial charge is 0.392 e. The van der Waals surface area contributed by atoms with Gasteiger partial charge in [0.1, 0.15) is 0 Å². The summed E-state index contributed by atoms with van der Waals surface area (Å²) in [6.45, 7) is 0.442. The number of halogens is 3. The van der Waals surface area contributed by atoms with Crippen molar-refractivity contribution in [2.75, 3.05) is 20.2 Å². The third-order valence-electron chi connectivity index (χ3n) is 3.78. The Labute approximate surface area is 111 Å². The summed E-state index contributed by atoms with van der Waals surface area (Å²) in [4.78, 5) is 13.5. The molecule has 1 saturated carbocycles. The van der Waals surface area contributed by atoms with Gasteiger partial charge in [-0.1, -0.05) is 12.8 Å².